The molecule has 3 heteroatoms. The normalized spacial score (nSPS) is 11.9. The molecule has 51 heavy (non-hydrogen) atoms. The smallest absolute Gasteiger partial charge is 0.0641 e. The first-order valence-electron chi connectivity index (χ1n) is 17.4. The number of aromatic nitrogens is 2. The van der Waals surface area contributed by atoms with Crippen molar-refractivity contribution in [2.24, 2.45) is 0 Å². The van der Waals surface area contributed by atoms with Crippen molar-refractivity contribution in [3.05, 3.63) is 182 Å². The first-order valence-corrected chi connectivity index (χ1v) is 18.3. The number of fused-ring (bicyclic) bond motifs is 10. The van der Waals surface area contributed by atoms with Crippen LogP contribution in [-0.4, -0.2) is 9.13 Å². The van der Waals surface area contributed by atoms with Gasteiger partial charge < -0.3 is 9.13 Å². The Kier molecular flexibility index (Phi) is 6.16. The molecule has 3 heterocycles. The van der Waals surface area contributed by atoms with Gasteiger partial charge in [0.15, 0.2) is 0 Å². The third-order valence-corrected chi connectivity index (χ3v) is 11.7. The zero-order chi connectivity index (χ0) is 33.5. The summed E-state index contributed by atoms with van der Waals surface area (Å²) in [5.41, 5.74) is 12.1. The molecule has 0 saturated carbocycles. The van der Waals surface area contributed by atoms with E-state index in [-0.39, 0.29) is 0 Å². The summed E-state index contributed by atoms with van der Waals surface area (Å²) in [5, 5.41) is 7.71. The second kappa shape index (κ2) is 11.0. The standard InChI is InChI=1S/C48H30N2S/c1-2-11-31(12-3-1)32-21-25-34(26-22-32)49-42-18-8-5-14-39(42)47-43(49)30-29-38-37-13-4-7-17-41(37)50(48(38)47)35-27-23-33(24-28-35)36-16-10-20-45-46(36)40-15-6-9-19-44(40)51-45/h1-30H. The topological polar surface area (TPSA) is 9.86 Å². The van der Waals surface area contributed by atoms with Crippen LogP contribution in [0.5, 0.6) is 0 Å². The lowest BCUT2D eigenvalue weighted by Gasteiger charge is -2.12. The molecule has 0 aliphatic carbocycles. The maximum Gasteiger partial charge on any atom is 0.0641 e. The Morgan fingerprint density at radius 2 is 0.902 bits per heavy atom. The zero-order valence-corrected chi connectivity index (χ0v) is 28.4. The van der Waals surface area contributed by atoms with Gasteiger partial charge in [-0.05, 0) is 76.9 Å². The number of hydrogen-bond donors (Lipinski definition) is 0. The van der Waals surface area contributed by atoms with Gasteiger partial charge in [0.25, 0.3) is 0 Å². The highest BCUT2D eigenvalue weighted by atomic mass is 32.1. The van der Waals surface area contributed by atoms with Crippen LogP contribution in [0.4, 0.5) is 0 Å². The lowest BCUT2D eigenvalue weighted by molar-refractivity contribution is 1.17. The quantitative estimate of drug-likeness (QED) is 0.177. The predicted molar refractivity (Wildman–Crippen MR) is 219 cm³/mol. The van der Waals surface area contributed by atoms with E-state index >= 15 is 0 Å². The van der Waals surface area contributed by atoms with Crippen molar-refractivity contribution < 1.29 is 0 Å². The van der Waals surface area contributed by atoms with E-state index in [9.17, 15) is 0 Å². The molecule has 0 radical (unpaired) electrons. The molecule has 11 aromatic rings. The molecule has 0 N–H and O–H groups in total. The summed E-state index contributed by atoms with van der Waals surface area (Å²) in [7, 11) is 0. The molecule has 0 amide bonds. The van der Waals surface area contributed by atoms with Gasteiger partial charge in [-0.25, -0.2) is 0 Å². The van der Waals surface area contributed by atoms with Crippen LogP contribution in [0.2, 0.25) is 0 Å². The minimum Gasteiger partial charge on any atom is -0.309 e. The Morgan fingerprint density at radius 3 is 1.69 bits per heavy atom. The fourth-order valence-electron chi connectivity index (χ4n) is 8.29. The van der Waals surface area contributed by atoms with Gasteiger partial charge in [0, 0.05) is 53.1 Å². The number of para-hydroxylation sites is 2. The van der Waals surface area contributed by atoms with E-state index in [1.165, 1.54) is 86.0 Å². The Labute approximate surface area is 298 Å². The van der Waals surface area contributed by atoms with Crippen LogP contribution in [0.1, 0.15) is 0 Å². The average Bonchev–Trinajstić information content (AvgIpc) is 3.86. The van der Waals surface area contributed by atoms with Gasteiger partial charge >= 0.3 is 0 Å². The van der Waals surface area contributed by atoms with Gasteiger partial charge in [0.1, 0.15) is 0 Å². The molecule has 11 rings (SSSR count). The van der Waals surface area contributed by atoms with Gasteiger partial charge in [-0.1, -0.05) is 127 Å². The van der Waals surface area contributed by atoms with E-state index in [0.717, 1.165) is 11.4 Å². The highest BCUT2D eigenvalue weighted by molar-refractivity contribution is 7.25. The second-order valence-corrected chi connectivity index (χ2v) is 14.4. The second-order valence-electron chi connectivity index (χ2n) is 13.3. The minimum absolute atomic E-state index is 1.15. The summed E-state index contributed by atoms with van der Waals surface area (Å²) in [5.74, 6) is 0. The molecule has 0 aliphatic rings. The molecule has 8 aromatic carbocycles. The highest BCUT2D eigenvalue weighted by Crippen LogP contribution is 2.43. The summed E-state index contributed by atoms with van der Waals surface area (Å²) in [6.45, 7) is 0. The predicted octanol–water partition coefficient (Wildman–Crippen LogP) is 13.6. The first-order chi connectivity index (χ1) is 25.3. The van der Waals surface area contributed by atoms with E-state index in [2.05, 4.69) is 191 Å². The van der Waals surface area contributed by atoms with E-state index in [0.29, 0.717) is 0 Å². The molecule has 3 aromatic heterocycles. The lowest BCUT2D eigenvalue weighted by atomic mass is 9.99. The van der Waals surface area contributed by atoms with Gasteiger partial charge in [-0.3, -0.25) is 0 Å². The van der Waals surface area contributed by atoms with Crippen LogP contribution in [0.15, 0.2) is 182 Å². The summed E-state index contributed by atoms with van der Waals surface area (Å²) in [6, 6.07) is 66.6. The lowest BCUT2D eigenvalue weighted by Crippen LogP contribution is -1.95. The third-order valence-electron chi connectivity index (χ3n) is 10.5. The number of hydrogen-bond acceptors (Lipinski definition) is 1. The molecular formula is C48H30N2S. The molecule has 0 spiro atoms. The molecule has 0 aliphatic heterocycles. The fraction of sp³-hybridized carbons (Fsp3) is 0. The van der Waals surface area contributed by atoms with Gasteiger partial charge in [0.2, 0.25) is 0 Å². The number of thiophene rings is 1. The molecule has 0 unspecified atom stereocenters. The van der Waals surface area contributed by atoms with E-state index < -0.39 is 0 Å². The molecule has 0 fully saturated rings. The molecule has 0 saturated heterocycles. The van der Waals surface area contributed by atoms with Gasteiger partial charge in [-0.15, -0.1) is 11.3 Å². The SMILES string of the molecule is c1ccc(-c2ccc(-n3c4ccccc4c4c3ccc3c5ccccc5n(-c5ccc(-c6cccc7sc8ccccc8c67)cc5)c34)cc2)cc1. The maximum absolute atomic E-state index is 2.48. The van der Waals surface area contributed by atoms with Crippen molar-refractivity contribution in [3.8, 4) is 33.6 Å². The van der Waals surface area contributed by atoms with Gasteiger partial charge in [0.05, 0.1) is 22.1 Å². The molecule has 0 bridgehead atoms. The summed E-state index contributed by atoms with van der Waals surface area (Å²) in [4.78, 5) is 0. The number of nitrogens with zero attached hydrogens (tertiary/aromatic N) is 2. The van der Waals surface area contributed by atoms with Crippen LogP contribution >= 0.6 is 11.3 Å². The maximum atomic E-state index is 2.48. The minimum atomic E-state index is 1.15. The largest absolute Gasteiger partial charge is 0.309 e. The van der Waals surface area contributed by atoms with Crippen LogP contribution in [0, 0.1) is 0 Å². The van der Waals surface area contributed by atoms with Crippen molar-refractivity contribution in [1.82, 2.24) is 9.13 Å². The van der Waals surface area contributed by atoms with Crippen LogP contribution < -0.4 is 0 Å². The Morgan fingerprint density at radius 1 is 0.314 bits per heavy atom. The van der Waals surface area contributed by atoms with Crippen molar-refractivity contribution in [2.45, 2.75) is 0 Å². The van der Waals surface area contributed by atoms with Crippen molar-refractivity contribution in [1.29, 1.82) is 0 Å². The van der Waals surface area contributed by atoms with Crippen molar-refractivity contribution in [3.63, 3.8) is 0 Å². The van der Waals surface area contributed by atoms with Crippen molar-refractivity contribution in [2.75, 3.05) is 0 Å². The van der Waals surface area contributed by atoms with E-state index in [1.807, 2.05) is 11.3 Å². The third kappa shape index (κ3) is 4.22. The Bertz CT molecular complexity index is 3100. The first kappa shape index (κ1) is 28.4. The zero-order valence-electron chi connectivity index (χ0n) is 27.6. The monoisotopic (exact) mass is 666 g/mol. The molecular weight excluding hydrogens is 637 g/mol. The van der Waals surface area contributed by atoms with Crippen LogP contribution in [0.25, 0.3) is 97.4 Å². The summed E-state index contributed by atoms with van der Waals surface area (Å²) >= 11 is 1.87. The summed E-state index contributed by atoms with van der Waals surface area (Å²) in [6.07, 6.45) is 0. The van der Waals surface area contributed by atoms with E-state index in [1.54, 1.807) is 0 Å². The average molecular weight is 667 g/mol. The molecule has 238 valence electrons. The van der Waals surface area contributed by atoms with Crippen LogP contribution in [-0.2, 0) is 0 Å². The van der Waals surface area contributed by atoms with Gasteiger partial charge in [-0.2, -0.15) is 0 Å². The van der Waals surface area contributed by atoms with Crippen LogP contribution in [0.3, 0.4) is 0 Å². The number of rotatable bonds is 4. The molecule has 2 nitrogen and oxygen atoms in total. The highest BCUT2D eigenvalue weighted by Gasteiger charge is 2.21. The Balaban J connectivity index is 1.14. The summed E-state index contributed by atoms with van der Waals surface area (Å²) < 4.78 is 7.56. The Hall–Kier alpha value is -6.42. The van der Waals surface area contributed by atoms with E-state index in [4.69, 9.17) is 0 Å². The molecule has 0 atom stereocenters. The fourth-order valence-corrected chi connectivity index (χ4v) is 9.43. The van der Waals surface area contributed by atoms with Crippen molar-refractivity contribution >= 4 is 75.1 Å². The number of benzene rings is 8.